The Hall–Kier alpha value is -1.13. The van der Waals surface area contributed by atoms with E-state index < -0.39 is 9.84 Å². The van der Waals surface area contributed by atoms with Crippen molar-refractivity contribution in [2.24, 2.45) is 0 Å². The van der Waals surface area contributed by atoms with Gasteiger partial charge in [-0.3, -0.25) is 4.90 Å². The predicted octanol–water partition coefficient (Wildman–Crippen LogP) is 2.27. The molecule has 0 bridgehead atoms. The van der Waals surface area contributed by atoms with Crippen LogP contribution in [0.3, 0.4) is 0 Å². The summed E-state index contributed by atoms with van der Waals surface area (Å²) in [6.45, 7) is 6.59. The van der Waals surface area contributed by atoms with Gasteiger partial charge in [0.25, 0.3) is 0 Å². The molecule has 0 amide bonds. The Morgan fingerprint density at radius 1 is 1.35 bits per heavy atom. The van der Waals surface area contributed by atoms with Gasteiger partial charge >= 0.3 is 0 Å². The SMILES string of the molecule is C=CCN(C)[C@H](C)c1ccc(S(C)(=O)=O)cc1. The number of hydrogen-bond acceptors (Lipinski definition) is 3. The van der Waals surface area contributed by atoms with Crippen molar-refractivity contribution < 1.29 is 8.42 Å². The molecule has 17 heavy (non-hydrogen) atoms. The second-order valence-corrected chi connectivity index (χ2v) is 6.26. The second-order valence-electron chi connectivity index (χ2n) is 4.25. The van der Waals surface area contributed by atoms with Crippen molar-refractivity contribution in [3.8, 4) is 0 Å². The van der Waals surface area contributed by atoms with Crippen molar-refractivity contribution in [1.29, 1.82) is 0 Å². The average Bonchev–Trinajstić information content (AvgIpc) is 2.27. The lowest BCUT2D eigenvalue weighted by Crippen LogP contribution is -2.22. The van der Waals surface area contributed by atoms with E-state index in [0.29, 0.717) is 4.90 Å². The first-order valence-electron chi connectivity index (χ1n) is 5.47. The van der Waals surface area contributed by atoms with Crippen molar-refractivity contribution in [3.63, 3.8) is 0 Å². The third-order valence-corrected chi connectivity index (χ3v) is 4.00. The number of sulfone groups is 1. The largest absolute Gasteiger partial charge is 0.296 e. The number of hydrogen-bond donors (Lipinski definition) is 0. The smallest absolute Gasteiger partial charge is 0.175 e. The van der Waals surface area contributed by atoms with Gasteiger partial charge in [-0.05, 0) is 31.7 Å². The van der Waals surface area contributed by atoms with Gasteiger partial charge in [0.15, 0.2) is 9.84 Å². The number of benzene rings is 1. The van der Waals surface area contributed by atoms with Gasteiger partial charge in [-0.2, -0.15) is 0 Å². The molecule has 1 aromatic carbocycles. The van der Waals surface area contributed by atoms with E-state index in [9.17, 15) is 8.42 Å². The van der Waals surface area contributed by atoms with E-state index >= 15 is 0 Å². The van der Waals surface area contributed by atoms with Gasteiger partial charge in [0.2, 0.25) is 0 Å². The first-order chi connectivity index (χ1) is 7.86. The maximum Gasteiger partial charge on any atom is 0.175 e. The lowest BCUT2D eigenvalue weighted by atomic mass is 10.1. The van der Waals surface area contributed by atoms with E-state index in [-0.39, 0.29) is 6.04 Å². The maximum atomic E-state index is 11.3. The highest BCUT2D eigenvalue weighted by Crippen LogP contribution is 2.20. The van der Waals surface area contributed by atoms with E-state index in [4.69, 9.17) is 0 Å². The topological polar surface area (TPSA) is 37.4 Å². The molecule has 0 N–H and O–H groups in total. The van der Waals surface area contributed by atoms with Crippen LogP contribution in [0.2, 0.25) is 0 Å². The predicted molar refractivity (Wildman–Crippen MR) is 70.8 cm³/mol. The minimum Gasteiger partial charge on any atom is -0.296 e. The van der Waals surface area contributed by atoms with E-state index in [0.717, 1.165) is 12.1 Å². The lowest BCUT2D eigenvalue weighted by molar-refractivity contribution is 0.290. The first-order valence-corrected chi connectivity index (χ1v) is 7.36. The van der Waals surface area contributed by atoms with E-state index in [1.807, 2.05) is 25.3 Å². The third kappa shape index (κ3) is 3.68. The van der Waals surface area contributed by atoms with Crippen LogP contribution < -0.4 is 0 Å². The van der Waals surface area contributed by atoms with Gasteiger partial charge in [-0.25, -0.2) is 8.42 Å². The van der Waals surface area contributed by atoms with Gasteiger partial charge in [-0.15, -0.1) is 6.58 Å². The van der Waals surface area contributed by atoms with Crippen LogP contribution >= 0.6 is 0 Å². The molecule has 0 saturated carbocycles. The highest BCUT2D eigenvalue weighted by Gasteiger charge is 2.12. The summed E-state index contributed by atoms with van der Waals surface area (Å²) in [4.78, 5) is 2.50. The Morgan fingerprint density at radius 3 is 2.29 bits per heavy atom. The summed E-state index contributed by atoms with van der Waals surface area (Å²) in [7, 11) is -1.09. The number of likely N-dealkylation sites (N-methyl/N-ethyl adjacent to an activating group) is 1. The van der Waals surface area contributed by atoms with E-state index in [2.05, 4.69) is 18.4 Å². The highest BCUT2D eigenvalue weighted by atomic mass is 32.2. The molecule has 0 radical (unpaired) electrons. The van der Waals surface area contributed by atoms with Crippen LogP contribution in [-0.4, -0.2) is 33.2 Å². The molecular formula is C13H19NO2S. The monoisotopic (exact) mass is 253 g/mol. The first kappa shape index (κ1) is 13.9. The zero-order valence-corrected chi connectivity index (χ0v) is 11.4. The molecule has 1 atom stereocenters. The van der Waals surface area contributed by atoms with Crippen LogP contribution in [0.15, 0.2) is 41.8 Å². The van der Waals surface area contributed by atoms with Crippen LogP contribution in [0.1, 0.15) is 18.5 Å². The van der Waals surface area contributed by atoms with Gasteiger partial charge in [0.05, 0.1) is 4.90 Å². The van der Waals surface area contributed by atoms with Crippen LogP contribution in [0.4, 0.5) is 0 Å². The summed E-state index contributed by atoms with van der Waals surface area (Å²) >= 11 is 0. The molecule has 0 unspecified atom stereocenters. The standard InChI is InChI=1S/C13H19NO2S/c1-5-10-14(3)11(2)12-6-8-13(9-7-12)17(4,15)16/h5-9,11H,1,10H2,2-4H3/t11-/m1/s1. The fraction of sp³-hybridized carbons (Fsp3) is 0.385. The summed E-state index contributed by atoms with van der Waals surface area (Å²) in [5.74, 6) is 0. The van der Waals surface area contributed by atoms with Crippen molar-refractivity contribution in [3.05, 3.63) is 42.5 Å². The highest BCUT2D eigenvalue weighted by molar-refractivity contribution is 7.90. The Labute approximate surface area is 104 Å². The van der Waals surface area contributed by atoms with Gasteiger partial charge < -0.3 is 0 Å². The molecule has 94 valence electrons. The van der Waals surface area contributed by atoms with Crippen LogP contribution in [0.25, 0.3) is 0 Å². The molecule has 0 aliphatic rings. The molecule has 0 heterocycles. The van der Waals surface area contributed by atoms with Crippen LogP contribution in [0, 0.1) is 0 Å². The van der Waals surface area contributed by atoms with Crippen molar-refractivity contribution >= 4 is 9.84 Å². The van der Waals surface area contributed by atoms with Gasteiger partial charge in [-0.1, -0.05) is 18.2 Å². The summed E-state index contributed by atoms with van der Waals surface area (Å²) in [5.41, 5.74) is 1.10. The molecule has 0 fully saturated rings. The zero-order chi connectivity index (χ0) is 13.1. The number of nitrogens with zero attached hydrogens (tertiary/aromatic N) is 1. The third-order valence-electron chi connectivity index (χ3n) is 2.87. The molecule has 4 heteroatoms. The fourth-order valence-electron chi connectivity index (χ4n) is 1.61. The molecule has 0 saturated heterocycles. The number of rotatable bonds is 5. The Bertz CT molecular complexity index is 477. The van der Waals surface area contributed by atoms with Crippen molar-refractivity contribution in [2.75, 3.05) is 19.8 Å². The molecule has 0 spiro atoms. The molecule has 0 aromatic heterocycles. The summed E-state index contributed by atoms with van der Waals surface area (Å²) in [6, 6.07) is 7.27. The summed E-state index contributed by atoms with van der Waals surface area (Å²) in [6.07, 6.45) is 3.07. The Kier molecular flexibility index (Phi) is 4.48. The molecule has 1 aromatic rings. The van der Waals surface area contributed by atoms with Crippen molar-refractivity contribution in [1.82, 2.24) is 4.90 Å². The second kappa shape index (κ2) is 5.47. The Morgan fingerprint density at radius 2 is 1.88 bits per heavy atom. The van der Waals surface area contributed by atoms with Crippen molar-refractivity contribution in [2.45, 2.75) is 17.9 Å². The average molecular weight is 253 g/mol. The van der Waals surface area contributed by atoms with E-state index in [1.54, 1.807) is 12.1 Å². The lowest BCUT2D eigenvalue weighted by Gasteiger charge is -2.23. The summed E-state index contributed by atoms with van der Waals surface area (Å²) < 4.78 is 22.7. The van der Waals surface area contributed by atoms with Gasteiger partial charge in [0, 0.05) is 18.8 Å². The minimum absolute atomic E-state index is 0.238. The summed E-state index contributed by atoms with van der Waals surface area (Å²) in [5, 5.41) is 0. The Balaban J connectivity index is 2.91. The van der Waals surface area contributed by atoms with E-state index in [1.165, 1.54) is 6.26 Å². The van der Waals surface area contributed by atoms with Gasteiger partial charge in [0.1, 0.15) is 0 Å². The molecular weight excluding hydrogens is 234 g/mol. The molecule has 1 rings (SSSR count). The van der Waals surface area contributed by atoms with Crippen LogP contribution in [-0.2, 0) is 9.84 Å². The molecule has 0 aliphatic carbocycles. The zero-order valence-electron chi connectivity index (χ0n) is 10.6. The normalized spacial score (nSPS) is 13.6. The quantitative estimate of drug-likeness (QED) is 0.755. The minimum atomic E-state index is -3.11. The fourth-order valence-corrected chi connectivity index (χ4v) is 2.24. The maximum absolute atomic E-state index is 11.3. The molecule has 0 aliphatic heterocycles. The molecule has 3 nitrogen and oxygen atoms in total. The van der Waals surface area contributed by atoms with Crippen LogP contribution in [0.5, 0.6) is 0 Å².